The molecule has 0 aliphatic carbocycles. The quantitative estimate of drug-likeness (QED) is 0.0222. The van der Waals surface area contributed by atoms with E-state index in [1.807, 2.05) is 0 Å². The van der Waals surface area contributed by atoms with Gasteiger partial charge in [0.2, 0.25) is 0 Å². The third kappa shape index (κ3) is 56.6. The van der Waals surface area contributed by atoms with Gasteiger partial charge in [-0.15, -0.1) is 0 Å². The molecule has 3 N–H and O–H groups in total. The minimum Gasteiger partial charge on any atom is -0.462 e. The zero-order valence-electron chi connectivity index (χ0n) is 54.5. The summed E-state index contributed by atoms with van der Waals surface area (Å²) in [5, 5.41) is 10.5. The monoisotopic (exact) mass is 1240 g/mol. The van der Waals surface area contributed by atoms with Crippen molar-refractivity contribution in [3.8, 4) is 0 Å². The Kier molecular flexibility index (Phi) is 53.9. The highest BCUT2D eigenvalue weighted by atomic mass is 31.2. The van der Waals surface area contributed by atoms with Gasteiger partial charge in [0.05, 0.1) is 26.4 Å². The molecule has 0 saturated carbocycles. The van der Waals surface area contributed by atoms with E-state index in [1.54, 1.807) is 0 Å². The molecule has 0 fully saturated rings. The summed E-state index contributed by atoms with van der Waals surface area (Å²) in [5.41, 5.74) is 0. The number of unbranched alkanes of at least 4 members (excludes halogenated alkanes) is 26. The van der Waals surface area contributed by atoms with Gasteiger partial charge in [0.1, 0.15) is 19.3 Å². The van der Waals surface area contributed by atoms with Gasteiger partial charge in [-0.3, -0.25) is 37.3 Å². The smallest absolute Gasteiger partial charge is 0.462 e. The molecule has 19 heteroatoms. The Balaban J connectivity index is 5.27. The lowest BCUT2D eigenvalue weighted by molar-refractivity contribution is -0.161. The summed E-state index contributed by atoms with van der Waals surface area (Å²) in [5.74, 6) is 0.805. The molecule has 0 radical (unpaired) electrons. The standard InChI is InChI=1S/C65H126O17P2/c1-9-57(7)43-35-27-19-13-16-22-32-40-48-65(70)81-60(51-75-62(67)45-37-29-20-14-11-17-25-33-41-55(3)4)53-79-83(71,72)77-49-59(66)50-78-84(73,74)80-54-61(52-76-63(68)46-38-30-24-23-28-36-44-58(8)10-2)82-64(69)47-39-31-21-15-12-18-26-34-42-56(5)6/h55-61,66H,9-54H2,1-8H3,(H,71,72)(H,73,74)/t57?,58?,59-,60-,61-/m1/s1. The molecule has 0 spiro atoms. The summed E-state index contributed by atoms with van der Waals surface area (Å²) in [6.07, 6.45) is 34.9. The third-order valence-electron chi connectivity index (χ3n) is 15.5. The van der Waals surface area contributed by atoms with Crippen LogP contribution in [0.5, 0.6) is 0 Å². The summed E-state index contributed by atoms with van der Waals surface area (Å²) in [7, 11) is -9.89. The van der Waals surface area contributed by atoms with E-state index >= 15 is 0 Å². The van der Waals surface area contributed by atoms with E-state index < -0.39 is 97.5 Å². The maximum absolute atomic E-state index is 13.0. The van der Waals surface area contributed by atoms with E-state index in [0.29, 0.717) is 25.7 Å². The Labute approximate surface area is 511 Å². The predicted molar refractivity (Wildman–Crippen MR) is 335 cm³/mol. The fraction of sp³-hybridized carbons (Fsp3) is 0.938. The normalized spacial score (nSPS) is 15.1. The van der Waals surface area contributed by atoms with Crippen molar-refractivity contribution >= 4 is 39.5 Å². The fourth-order valence-corrected chi connectivity index (χ4v) is 11.1. The highest BCUT2D eigenvalue weighted by molar-refractivity contribution is 7.47. The first kappa shape index (κ1) is 82.1. The van der Waals surface area contributed by atoms with E-state index in [-0.39, 0.29) is 25.7 Å². The van der Waals surface area contributed by atoms with Gasteiger partial charge in [-0.25, -0.2) is 9.13 Å². The second kappa shape index (κ2) is 55.2. The summed E-state index contributed by atoms with van der Waals surface area (Å²) in [4.78, 5) is 72.3. The molecule has 4 unspecified atom stereocenters. The third-order valence-corrected chi connectivity index (χ3v) is 17.4. The Bertz CT molecular complexity index is 1680. The Morgan fingerprint density at radius 2 is 0.571 bits per heavy atom. The molecule has 0 aliphatic rings. The van der Waals surface area contributed by atoms with Gasteiger partial charge in [0.25, 0.3) is 0 Å². The number of esters is 4. The first-order chi connectivity index (χ1) is 40.2. The van der Waals surface area contributed by atoms with Crippen molar-refractivity contribution < 1.29 is 80.2 Å². The van der Waals surface area contributed by atoms with Gasteiger partial charge in [-0.1, -0.05) is 261 Å². The number of carbonyl (C=O) groups is 4. The average molecular weight is 1240 g/mol. The number of hydrogen-bond donors (Lipinski definition) is 3. The molecule has 0 saturated heterocycles. The van der Waals surface area contributed by atoms with E-state index in [0.717, 1.165) is 120 Å². The molecule has 7 atom stereocenters. The van der Waals surface area contributed by atoms with Crippen molar-refractivity contribution in [2.24, 2.45) is 23.7 Å². The van der Waals surface area contributed by atoms with Crippen LogP contribution in [0.25, 0.3) is 0 Å². The van der Waals surface area contributed by atoms with Crippen molar-refractivity contribution in [2.75, 3.05) is 39.6 Å². The van der Waals surface area contributed by atoms with Crippen LogP contribution in [0.15, 0.2) is 0 Å². The maximum atomic E-state index is 13.0. The van der Waals surface area contributed by atoms with Gasteiger partial charge in [0.15, 0.2) is 12.2 Å². The molecule has 0 aromatic carbocycles. The summed E-state index contributed by atoms with van der Waals surface area (Å²) < 4.78 is 68.0. The van der Waals surface area contributed by atoms with E-state index in [9.17, 15) is 43.2 Å². The molecular weight excluding hydrogens is 1110 g/mol. The molecule has 0 heterocycles. The highest BCUT2D eigenvalue weighted by Crippen LogP contribution is 2.45. The number of hydrogen-bond acceptors (Lipinski definition) is 15. The zero-order valence-corrected chi connectivity index (χ0v) is 56.3. The predicted octanol–water partition coefficient (Wildman–Crippen LogP) is 17.8. The van der Waals surface area contributed by atoms with E-state index in [4.69, 9.17) is 37.0 Å². The topological polar surface area (TPSA) is 237 Å². The Morgan fingerprint density at radius 1 is 0.333 bits per heavy atom. The first-order valence-electron chi connectivity index (χ1n) is 33.8. The van der Waals surface area contributed by atoms with E-state index in [1.165, 1.54) is 109 Å². The molecule has 84 heavy (non-hydrogen) atoms. The van der Waals surface area contributed by atoms with Gasteiger partial charge in [0, 0.05) is 25.7 Å². The molecule has 498 valence electrons. The highest BCUT2D eigenvalue weighted by Gasteiger charge is 2.30. The Morgan fingerprint density at radius 3 is 0.845 bits per heavy atom. The summed E-state index contributed by atoms with van der Waals surface area (Å²) in [6.45, 7) is 14.0. The number of phosphoric acid groups is 2. The molecule has 17 nitrogen and oxygen atoms in total. The zero-order chi connectivity index (χ0) is 62.5. The van der Waals surface area contributed by atoms with Crippen LogP contribution in [0.2, 0.25) is 0 Å². The molecule has 0 aliphatic heterocycles. The van der Waals surface area contributed by atoms with Crippen molar-refractivity contribution in [1.29, 1.82) is 0 Å². The lowest BCUT2D eigenvalue weighted by Crippen LogP contribution is -2.30. The number of aliphatic hydroxyl groups excluding tert-OH is 1. The molecule has 0 rings (SSSR count). The van der Waals surface area contributed by atoms with Crippen molar-refractivity contribution in [3.05, 3.63) is 0 Å². The molecule has 0 aromatic heterocycles. The fourth-order valence-electron chi connectivity index (χ4n) is 9.54. The van der Waals surface area contributed by atoms with Crippen molar-refractivity contribution in [1.82, 2.24) is 0 Å². The summed E-state index contributed by atoms with van der Waals surface area (Å²) in [6, 6.07) is 0. The summed E-state index contributed by atoms with van der Waals surface area (Å²) >= 11 is 0. The van der Waals surface area contributed by atoms with Crippen LogP contribution in [0.3, 0.4) is 0 Å². The van der Waals surface area contributed by atoms with Gasteiger partial charge < -0.3 is 33.8 Å². The number of aliphatic hydroxyl groups is 1. The molecule has 0 aromatic rings. The van der Waals surface area contributed by atoms with Crippen molar-refractivity contribution in [3.63, 3.8) is 0 Å². The average Bonchev–Trinajstić information content (AvgIpc) is 3.47. The van der Waals surface area contributed by atoms with Crippen LogP contribution in [0.1, 0.15) is 312 Å². The lowest BCUT2D eigenvalue weighted by Gasteiger charge is -2.21. The number of rotatable bonds is 62. The largest absolute Gasteiger partial charge is 0.472 e. The minimum atomic E-state index is -4.95. The van der Waals surface area contributed by atoms with Crippen LogP contribution in [-0.2, 0) is 65.4 Å². The maximum Gasteiger partial charge on any atom is 0.472 e. The van der Waals surface area contributed by atoms with Crippen LogP contribution in [-0.4, -0.2) is 96.7 Å². The first-order valence-corrected chi connectivity index (χ1v) is 36.8. The van der Waals surface area contributed by atoms with Gasteiger partial charge in [-0.05, 0) is 49.4 Å². The van der Waals surface area contributed by atoms with E-state index in [2.05, 4.69) is 55.4 Å². The van der Waals surface area contributed by atoms with Crippen LogP contribution >= 0.6 is 15.6 Å². The van der Waals surface area contributed by atoms with Gasteiger partial charge in [-0.2, -0.15) is 0 Å². The molecular formula is C65H126O17P2. The lowest BCUT2D eigenvalue weighted by atomic mass is 9.99. The van der Waals surface area contributed by atoms with Gasteiger partial charge >= 0.3 is 39.5 Å². The second-order valence-corrected chi connectivity index (χ2v) is 27.8. The number of phosphoric ester groups is 2. The van der Waals surface area contributed by atoms with Crippen LogP contribution in [0.4, 0.5) is 0 Å². The van der Waals surface area contributed by atoms with Crippen LogP contribution in [0, 0.1) is 23.7 Å². The Hall–Kier alpha value is -1.94. The molecule has 0 bridgehead atoms. The van der Waals surface area contributed by atoms with Crippen molar-refractivity contribution in [2.45, 2.75) is 331 Å². The SMILES string of the molecule is CCC(C)CCCCCCCCCCC(=O)O[C@H](COC(=O)CCCCCCCCCCC(C)C)COP(=O)(O)OC[C@@H](O)COP(=O)(O)OC[C@@H](COC(=O)CCCCCCCCC(C)CC)OC(=O)CCCCCCCCCCC(C)C. The van der Waals surface area contributed by atoms with Crippen LogP contribution < -0.4 is 0 Å². The molecule has 0 amide bonds. The second-order valence-electron chi connectivity index (χ2n) is 24.9. The number of carbonyl (C=O) groups excluding carboxylic acids is 4. The minimum absolute atomic E-state index is 0.103. The number of ether oxygens (including phenoxy) is 4.